The first-order valence-corrected chi connectivity index (χ1v) is 10.5. The Balaban J connectivity index is 1.40. The number of ether oxygens (including phenoxy) is 3. The number of aromatic nitrogens is 3. The number of anilines is 1. The minimum absolute atomic E-state index is 0.0126. The second-order valence-electron chi connectivity index (χ2n) is 7.23. The number of para-hydroxylation sites is 1. The molecular weight excluding hydrogens is 426 g/mol. The molecule has 1 fully saturated rings. The highest BCUT2D eigenvalue weighted by Gasteiger charge is 2.44. The maximum atomic E-state index is 13.6. The molecular formula is C21H16F2N4O3S. The van der Waals surface area contributed by atoms with Crippen LogP contribution >= 0.6 is 11.3 Å². The summed E-state index contributed by atoms with van der Waals surface area (Å²) in [5.41, 5.74) is 2.78. The van der Waals surface area contributed by atoms with E-state index in [2.05, 4.69) is 24.6 Å². The van der Waals surface area contributed by atoms with Gasteiger partial charge in [0.1, 0.15) is 5.65 Å². The second kappa shape index (κ2) is 6.89. The van der Waals surface area contributed by atoms with Gasteiger partial charge in [0.15, 0.2) is 16.6 Å². The Morgan fingerprint density at radius 1 is 1.06 bits per heavy atom. The summed E-state index contributed by atoms with van der Waals surface area (Å²) in [5, 5.41) is 1.74. The van der Waals surface area contributed by atoms with Crippen molar-refractivity contribution in [3.05, 3.63) is 42.9 Å². The average molecular weight is 442 g/mol. The number of H-pyrrole nitrogens is 1. The number of fused-ring (bicyclic) bond motifs is 2. The predicted octanol–water partition coefficient (Wildman–Crippen LogP) is 4.51. The predicted molar refractivity (Wildman–Crippen MR) is 112 cm³/mol. The van der Waals surface area contributed by atoms with Crippen molar-refractivity contribution >= 4 is 27.5 Å². The Labute approximate surface area is 179 Å². The molecule has 0 unspecified atom stereocenters. The van der Waals surface area contributed by atoms with Gasteiger partial charge in [-0.3, -0.25) is 0 Å². The van der Waals surface area contributed by atoms with Crippen molar-refractivity contribution < 1.29 is 23.0 Å². The molecule has 0 radical (unpaired) electrons. The van der Waals surface area contributed by atoms with Crippen LogP contribution in [0.3, 0.4) is 0 Å². The van der Waals surface area contributed by atoms with E-state index < -0.39 is 6.29 Å². The van der Waals surface area contributed by atoms with Gasteiger partial charge in [-0.15, -0.1) is 8.78 Å². The van der Waals surface area contributed by atoms with E-state index in [-0.39, 0.29) is 11.5 Å². The molecule has 1 aromatic carbocycles. The van der Waals surface area contributed by atoms with E-state index in [1.54, 1.807) is 35.9 Å². The van der Waals surface area contributed by atoms with E-state index in [1.807, 2.05) is 12.3 Å². The molecule has 1 saturated heterocycles. The number of aromatic amines is 1. The lowest BCUT2D eigenvalue weighted by atomic mass is 10.0. The zero-order valence-electron chi connectivity index (χ0n) is 16.1. The molecule has 31 heavy (non-hydrogen) atoms. The van der Waals surface area contributed by atoms with Gasteiger partial charge in [-0.25, -0.2) is 9.97 Å². The number of nitrogens with zero attached hydrogens (tertiary/aromatic N) is 3. The fourth-order valence-corrected chi connectivity index (χ4v) is 4.79. The van der Waals surface area contributed by atoms with Crippen molar-refractivity contribution in [3.8, 4) is 33.1 Å². The van der Waals surface area contributed by atoms with Crippen LogP contribution in [0.25, 0.3) is 32.6 Å². The van der Waals surface area contributed by atoms with Gasteiger partial charge in [0.2, 0.25) is 0 Å². The Morgan fingerprint density at radius 2 is 1.94 bits per heavy atom. The Bertz CT molecular complexity index is 1280. The van der Waals surface area contributed by atoms with Crippen LogP contribution in [0.1, 0.15) is 0 Å². The number of morpholine rings is 1. The summed E-state index contributed by atoms with van der Waals surface area (Å²) in [6.45, 7) is 3.03. The van der Waals surface area contributed by atoms with Crippen molar-refractivity contribution in [1.82, 2.24) is 15.0 Å². The topological polar surface area (TPSA) is 72.5 Å². The van der Waals surface area contributed by atoms with Crippen molar-refractivity contribution in [1.29, 1.82) is 0 Å². The summed E-state index contributed by atoms with van der Waals surface area (Å²) in [6, 6.07) is 6.83. The quantitative estimate of drug-likeness (QED) is 0.503. The summed E-state index contributed by atoms with van der Waals surface area (Å²) in [5.74, 6) is 0.0322. The lowest BCUT2D eigenvalue weighted by Gasteiger charge is -2.25. The maximum Gasteiger partial charge on any atom is 0.586 e. The number of alkyl halides is 2. The van der Waals surface area contributed by atoms with Crippen LogP contribution in [0.15, 0.2) is 42.9 Å². The second-order valence-corrected chi connectivity index (χ2v) is 8.24. The van der Waals surface area contributed by atoms with E-state index in [4.69, 9.17) is 9.47 Å². The van der Waals surface area contributed by atoms with Crippen LogP contribution in [0.2, 0.25) is 0 Å². The number of thiazole rings is 1. The number of nitrogens with one attached hydrogen (secondary N) is 1. The molecule has 0 atom stereocenters. The third kappa shape index (κ3) is 3.19. The highest BCUT2D eigenvalue weighted by Crippen LogP contribution is 2.48. The van der Waals surface area contributed by atoms with Crippen molar-refractivity contribution in [3.63, 3.8) is 0 Å². The van der Waals surface area contributed by atoms with E-state index in [0.717, 1.165) is 34.0 Å². The van der Waals surface area contributed by atoms with Crippen LogP contribution in [0.4, 0.5) is 13.9 Å². The highest BCUT2D eigenvalue weighted by atomic mass is 32.1. The summed E-state index contributed by atoms with van der Waals surface area (Å²) < 4.78 is 42.0. The lowest BCUT2D eigenvalue weighted by molar-refractivity contribution is -0.286. The first kappa shape index (κ1) is 18.5. The fourth-order valence-electron chi connectivity index (χ4n) is 3.84. The molecule has 6 rings (SSSR count). The number of hydrogen-bond acceptors (Lipinski definition) is 7. The molecule has 0 amide bonds. The van der Waals surface area contributed by atoms with Crippen LogP contribution in [0.5, 0.6) is 11.5 Å². The number of halogens is 2. The molecule has 3 aromatic heterocycles. The SMILES string of the molecule is FC1(F)Oc2cccc(-c3c[nH]c4ncc(-c5cnc(N6CCOCC6)s5)cc34)c2O1. The fraction of sp³-hybridized carbons (Fsp3) is 0.238. The maximum absolute atomic E-state index is 13.6. The summed E-state index contributed by atoms with van der Waals surface area (Å²) in [6.07, 6.45) is 1.68. The van der Waals surface area contributed by atoms with Crippen molar-refractivity contribution in [2.45, 2.75) is 6.29 Å². The largest absolute Gasteiger partial charge is 0.586 e. The third-order valence-electron chi connectivity index (χ3n) is 5.31. The third-order valence-corrected chi connectivity index (χ3v) is 6.42. The molecule has 0 saturated carbocycles. The highest BCUT2D eigenvalue weighted by molar-refractivity contribution is 7.18. The molecule has 10 heteroatoms. The minimum atomic E-state index is -3.67. The molecule has 0 bridgehead atoms. The first-order chi connectivity index (χ1) is 15.1. The number of benzene rings is 1. The Kier molecular flexibility index (Phi) is 4.12. The molecule has 158 valence electrons. The van der Waals surface area contributed by atoms with Gasteiger partial charge < -0.3 is 24.1 Å². The normalized spacial score (nSPS) is 17.4. The molecule has 1 N–H and O–H groups in total. The molecule has 4 aromatic rings. The van der Waals surface area contributed by atoms with Gasteiger partial charge in [0, 0.05) is 53.8 Å². The van der Waals surface area contributed by atoms with Gasteiger partial charge in [-0.05, 0) is 12.1 Å². The summed E-state index contributed by atoms with van der Waals surface area (Å²) in [4.78, 5) is 15.4. The zero-order chi connectivity index (χ0) is 21.0. The minimum Gasteiger partial charge on any atom is -0.395 e. The standard InChI is InChI=1S/C21H16F2N4O3S/c22-21(23)29-16-3-1-2-13(18(16)30-21)15-10-25-19-14(15)8-12(9-24-19)17-11-26-20(31-17)27-4-6-28-7-5-27/h1-3,8-11H,4-7H2,(H,24,25). The van der Waals surface area contributed by atoms with E-state index in [9.17, 15) is 8.78 Å². The van der Waals surface area contributed by atoms with Crippen LogP contribution in [0, 0.1) is 0 Å². The summed E-state index contributed by atoms with van der Waals surface area (Å²) in [7, 11) is 0. The van der Waals surface area contributed by atoms with Crippen LogP contribution < -0.4 is 14.4 Å². The van der Waals surface area contributed by atoms with Gasteiger partial charge >= 0.3 is 6.29 Å². The van der Waals surface area contributed by atoms with Crippen molar-refractivity contribution in [2.75, 3.05) is 31.2 Å². The van der Waals surface area contributed by atoms with Crippen LogP contribution in [-0.2, 0) is 4.74 Å². The number of rotatable bonds is 3. The molecule has 5 heterocycles. The van der Waals surface area contributed by atoms with Crippen molar-refractivity contribution in [2.24, 2.45) is 0 Å². The summed E-state index contributed by atoms with van der Waals surface area (Å²) >= 11 is 1.59. The zero-order valence-corrected chi connectivity index (χ0v) is 16.9. The van der Waals surface area contributed by atoms with E-state index in [0.29, 0.717) is 30.0 Å². The molecule has 7 nitrogen and oxygen atoms in total. The lowest BCUT2D eigenvalue weighted by Crippen LogP contribution is -2.36. The molecule has 0 spiro atoms. The number of hydrogen-bond donors (Lipinski definition) is 1. The van der Waals surface area contributed by atoms with E-state index in [1.165, 1.54) is 6.07 Å². The van der Waals surface area contributed by atoms with Gasteiger partial charge in [-0.2, -0.15) is 0 Å². The van der Waals surface area contributed by atoms with Crippen LogP contribution in [-0.4, -0.2) is 47.5 Å². The smallest absolute Gasteiger partial charge is 0.395 e. The van der Waals surface area contributed by atoms with Gasteiger partial charge in [-0.1, -0.05) is 23.5 Å². The van der Waals surface area contributed by atoms with E-state index >= 15 is 0 Å². The van der Waals surface area contributed by atoms with Gasteiger partial charge in [0.05, 0.1) is 18.1 Å². The molecule has 2 aliphatic heterocycles. The number of pyridine rings is 1. The monoisotopic (exact) mass is 442 g/mol. The molecule has 2 aliphatic rings. The Morgan fingerprint density at radius 3 is 2.81 bits per heavy atom. The Hall–Kier alpha value is -3.24. The average Bonchev–Trinajstić information content (AvgIpc) is 3.49. The van der Waals surface area contributed by atoms with Gasteiger partial charge in [0.25, 0.3) is 0 Å². The molecule has 0 aliphatic carbocycles. The first-order valence-electron chi connectivity index (χ1n) is 9.73.